The zero-order chi connectivity index (χ0) is 14.9. The molecule has 2 heterocycles. The van der Waals surface area contributed by atoms with Crippen LogP contribution >= 0.6 is 11.8 Å². The number of rotatable bonds is 5. The van der Waals surface area contributed by atoms with Crippen LogP contribution in [-0.2, 0) is 20.2 Å². The van der Waals surface area contributed by atoms with Crippen LogP contribution in [0.3, 0.4) is 0 Å². The Hall–Kier alpha value is -1.87. The lowest BCUT2D eigenvalue weighted by molar-refractivity contribution is -0.388. The van der Waals surface area contributed by atoms with Gasteiger partial charge in [-0.2, -0.15) is 5.10 Å². The quantitative estimate of drug-likeness (QED) is 0.663. The second-order valence-corrected chi connectivity index (χ2v) is 5.12. The Labute approximate surface area is 119 Å². The van der Waals surface area contributed by atoms with Gasteiger partial charge in [0.05, 0.1) is 23.4 Å². The van der Waals surface area contributed by atoms with Crippen LogP contribution in [0.2, 0.25) is 0 Å². The summed E-state index contributed by atoms with van der Waals surface area (Å²) in [6.07, 6.45) is 1.55. The van der Waals surface area contributed by atoms with E-state index < -0.39 is 4.92 Å². The summed E-state index contributed by atoms with van der Waals surface area (Å²) in [4.78, 5) is 14.9. The van der Waals surface area contributed by atoms with Crippen molar-refractivity contribution in [1.29, 1.82) is 0 Å². The zero-order valence-corrected chi connectivity index (χ0v) is 12.2. The third-order valence-electron chi connectivity index (χ3n) is 2.92. The van der Waals surface area contributed by atoms with Crippen LogP contribution < -0.4 is 0 Å². The van der Waals surface area contributed by atoms with E-state index in [1.807, 2.05) is 6.92 Å². The van der Waals surface area contributed by atoms with Gasteiger partial charge < -0.3 is 9.67 Å². The van der Waals surface area contributed by atoms with Crippen molar-refractivity contribution < 1.29 is 10.0 Å². The Kier molecular flexibility index (Phi) is 4.09. The maximum atomic E-state index is 11.2. The van der Waals surface area contributed by atoms with Crippen LogP contribution in [0.4, 0.5) is 5.69 Å². The smallest absolute Gasteiger partial charge is 0.324 e. The molecule has 0 spiro atoms. The molecule has 1 N–H and O–H groups in total. The molecule has 0 saturated heterocycles. The fraction of sp³-hybridized carbons (Fsp3) is 0.455. The predicted octanol–water partition coefficient (Wildman–Crippen LogP) is 1.50. The summed E-state index contributed by atoms with van der Waals surface area (Å²) >= 11 is 1.18. The summed E-state index contributed by atoms with van der Waals surface area (Å²) in [6, 6.07) is 0. The summed E-state index contributed by atoms with van der Waals surface area (Å²) in [5.41, 5.74) is 1.04. The summed E-state index contributed by atoms with van der Waals surface area (Å²) < 4.78 is 3.29. The van der Waals surface area contributed by atoms with Crippen LogP contribution in [0.5, 0.6) is 0 Å². The van der Waals surface area contributed by atoms with E-state index in [1.54, 1.807) is 29.4 Å². The highest BCUT2D eigenvalue weighted by Crippen LogP contribution is 2.36. The fourth-order valence-electron chi connectivity index (χ4n) is 1.83. The first-order valence-electron chi connectivity index (χ1n) is 6.00. The Morgan fingerprint density at radius 2 is 2.25 bits per heavy atom. The van der Waals surface area contributed by atoms with Crippen molar-refractivity contribution in [2.24, 2.45) is 7.05 Å². The molecule has 2 aromatic rings. The highest BCUT2D eigenvalue weighted by Gasteiger charge is 2.26. The standard InChI is InChI=1S/C11H15N5O3S/c1-4-15-10(9(16(18)19)7(2)13-15)20-11-12-5-8(6-17)14(11)3/h5,17H,4,6H2,1-3H3. The van der Waals surface area contributed by atoms with Crippen molar-refractivity contribution in [3.05, 3.63) is 27.7 Å². The number of hydrogen-bond donors (Lipinski definition) is 1. The maximum Gasteiger partial charge on any atom is 0.324 e. The van der Waals surface area contributed by atoms with Crippen LogP contribution in [0.15, 0.2) is 16.4 Å². The number of aliphatic hydroxyl groups excluding tert-OH is 1. The minimum atomic E-state index is -0.424. The van der Waals surface area contributed by atoms with Crippen molar-refractivity contribution in [3.8, 4) is 0 Å². The minimum Gasteiger partial charge on any atom is -0.390 e. The Morgan fingerprint density at radius 3 is 2.75 bits per heavy atom. The lowest BCUT2D eigenvalue weighted by atomic mass is 10.4. The highest BCUT2D eigenvalue weighted by molar-refractivity contribution is 7.99. The monoisotopic (exact) mass is 297 g/mol. The molecule has 0 aromatic carbocycles. The van der Waals surface area contributed by atoms with Gasteiger partial charge in [0.2, 0.25) is 0 Å². The summed E-state index contributed by atoms with van der Waals surface area (Å²) in [6.45, 7) is 3.90. The molecule has 0 aliphatic heterocycles. The van der Waals surface area contributed by atoms with Crippen LogP contribution in [0.1, 0.15) is 18.3 Å². The zero-order valence-electron chi connectivity index (χ0n) is 11.4. The summed E-state index contributed by atoms with van der Waals surface area (Å²) in [7, 11) is 1.76. The molecule has 2 aromatic heterocycles. The van der Waals surface area contributed by atoms with Crippen molar-refractivity contribution in [1.82, 2.24) is 19.3 Å². The first kappa shape index (κ1) is 14.5. The van der Waals surface area contributed by atoms with E-state index in [-0.39, 0.29) is 12.3 Å². The highest BCUT2D eigenvalue weighted by atomic mass is 32.2. The average molecular weight is 297 g/mol. The molecule has 2 rings (SSSR count). The van der Waals surface area contributed by atoms with E-state index in [0.717, 1.165) is 0 Å². The Bertz CT molecular complexity index is 649. The van der Waals surface area contributed by atoms with Gasteiger partial charge in [-0.25, -0.2) is 4.98 Å². The summed E-state index contributed by atoms with van der Waals surface area (Å²) in [5.74, 6) is 0. The number of nitro groups is 1. The molecule has 20 heavy (non-hydrogen) atoms. The Balaban J connectivity index is 2.46. The van der Waals surface area contributed by atoms with Gasteiger partial charge >= 0.3 is 5.69 Å². The SMILES string of the molecule is CCn1nc(C)c([N+](=O)[O-])c1Sc1ncc(CO)n1C. The number of hydrogen-bond acceptors (Lipinski definition) is 6. The average Bonchev–Trinajstić information content (AvgIpc) is 2.91. The van der Waals surface area contributed by atoms with Gasteiger partial charge in [-0.1, -0.05) is 0 Å². The topological polar surface area (TPSA) is 99.0 Å². The van der Waals surface area contributed by atoms with E-state index >= 15 is 0 Å². The van der Waals surface area contributed by atoms with Gasteiger partial charge in [-0.05, 0) is 25.6 Å². The van der Waals surface area contributed by atoms with Crippen LogP contribution in [0, 0.1) is 17.0 Å². The van der Waals surface area contributed by atoms with Crippen molar-refractivity contribution in [2.45, 2.75) is 37.2 Å². The number of aliphatic hydroxyl groups is 1. The summed E-state index contributed by atoms with van der Waals surface area (Å²) in [5, 5.41) is 25.5. The van der Waals surface area contributed by atoms with E-state index in [2.05, 4.69) is 10.1 Å². The largest absolute Gasteiger partial charge is 0.390 e. The molecule has 9 heteroatoms. The van der Waals surface area contributed by atoms with Gasteiger partial charge in [-0.15, -0.1) is 0 Å². The molecule has 0 saturated carbocycles. The molecule has 0 amide bonds. The van der Waals surface area contributed by atoms with E-state index in [4.69, 9.17) is 5.11 Å². The van der Waals surface area contributed by atoms with Gasteiger partial charge in [0.15, 0.2) is 10.2 Å². The van der Waals surface area contributed by atoms with Gasteiger partial charge in [0.1, 0.15) is 5.69 Å². The van der Waals surface area contributed by atoms with Crippen molar-refractivity contribution in [2.75, 3.05) is 0 Å². The molecule has 0 radical (unpaired) electrons. The third-order valence-corrected chi connectivity index (χ3v) is 4.08. The number of aromatic nitrogens is 4. The lowest BCUT2D eigenvalue weighted by Gasteiger charge is -2.05. The Morgan fingerprint density at radius 1 is 1.55 bits per heavy atom. The normalized spacial score (nSPS) is 11.0. The fourth-order valence-corrected chi connectivity index (χ4v) is 2.96. The predicted molar refractivity (Wildman–Crippen MR) is 72.5 cm³/mol. The molecule has 0 aliphatic rings. The second kappa shape index (κ2) is 5.63. The van der Waals surface area contributed by atoms with Crippen LogP contribution in [-0.4, -0.2) is 29.4 Å². The van der Waals surface area contributed by atoms with E-state index in [1.165, 1.54) is 11.8 Å². The molecular formula is C11H15N5O3S. The van der Waals surface area contributed by atoms with Crippen LogP contribution in [0.25, 0.3) is 0 Å². The first-order chi connectivity index (χ1) is 9.49. The third kappa shape index (κ3) is 2.41. The number of imidazole rings is 1. The van der Waals surface area contributed by atoms with Gasteiger partial charge in [0, 0.05) is 13.6 Å². The van der Waals surface area contributed by atoms with E-state index in [0.29, 0.717) is 28.1 Å². The molecule has 0 unspecified atom stereocenters. The molecule has 8 nitrogen and oxygen atoms in total. The molecule has 0 atom stereocenters. The van der Waals surface area contributed by atoms with Gasteiger partial charge in [0.25, 0.3) is 0 Å². The first-order valence-corrected chi connectivity index (χ1v) is 6.82. The number of nitrogens with zero attached hydrogens (tertiary/aromatic N) is 5. The van der Waals surface area contributed by atoms with E-state index in [9.17, 15) is 10.1 Å². The minimum absolute atomic E-state index is 0.00500. The van der Waals surface area contributed by atoms with Gasteiger partial charge in [-0.3, -0.25) is 14.8 Å². The maximum absolute atomic E-state index is 11.2. The molecule has 108 valence electrons. The second-order valence-electron chi connectivity index (χ2n) is 4.16. The lowest BCUT2D eigenvalue weighted by Crippen LogP contribution is -2.02. The van der Waals surface area contributed by atoms with Crippen molar-refractivity contribution in [3.63, 3.8) is 0 Å². The van der Waals surface area contributed by atoms with Crippen molar-refractivity contribution >= 4 is 17.4 Å². The molecule has 0 bridgehead atoms. The molecular weight excluding hydrogens is 282 g/mol. The number of aryl methyl sites for hydroxylation is 2. The molecule has 0 aliphatic carbocycles. The molecule has 0 fully saturated rings.